The number of aryl methyl sites for hydroxylation is 1. The summed E-state index contributed by atoms with van der Waals surface area (Å²) in [5.74, 6) is -0.744. The molecule has 0 unspecified atom stereocenters. The summed E-state index contributed by atoms with van der Waals surface area (Å²) in [5, 5.41) is 9.35. The van der Waals surface area contributed by atoms with Gasteiger partial charge >= 0.3 is 5.97 Å². The van der Waals surface area contributed by atoms with Crippen LogP contribution in [0.2, 0.25) is 0 Å². The smallest absolute Gasteiger partial charge is 0.326 e. The number of hydrogen-bond donors (Lipinski definition) is 1. The molecule has 0 amide bonds. The summed E-state index contributed by atoms with van der Waals surface area (Å²) in [6, 6.07) is 5.63. The van der Waals surface area contributed by atoms with Gasteiger partial charge in [-0.25, -0.2) is 4.79 Å². The molecule has 1 aromatic rings. The van der Waals surface area contributed by atoms with Gasteiger partial charge in [0.1, 0.15) is 6.04 Å². The van der Waals surface area contributed by atoms with Crippen LogP contribution in [-0.4, -0.2) is 23.7 Å². The van der Waals surface area contributed by atoms with Crippen LogP contribution in [0.4, 0.5) is 5.69 Å². The molecule has 0 aliphatic carbocycles. The van der Waals surface area contributed by atoms with Gasteiger partial charge in [-0.2, -0.15) is 0 Å². The number of carboxylic acids is 1. The lowest BCUT2D eigenvalue weighted by atomic mass is 10.0. The zero-order chi connectivity index (χ0) is 13.7. The number of carboxylic acid groups (broad SMARTS) is 1. The van der Waals surface area contributed by atoms with Crippen LogP contribution >= 0.6 is 0 Å². The molecule has 1 atom stereocenters. The van der Waals surface area contributed by atoms with Crippen molar-refractivity contribution in [1.82, 2.24) is 0 Å². The molecule has 3 heteroatoms. The van der Waals surface area contributed by atoms with Crippen LogP contribution in [0.5, 0.6) is 0 Å². The summed E-state index contributed by atoms with van der Waals surface area (Å²) in [5.41, 5.74) is 3.42. The Morgan fingerprint density at radius 3 is 2.50 bits per heavy atom. The van der Waals surface area contributed by atoms with Crippen molar-refractivity contribution in [3.05, 3.63) is 29.3 Å². The van der Waals surface area contributed by atoms with Crippen LogP contribution in [0.15, 0.2) is 18.2 Å². The van der Waals surface area contributed by atoms with Crippen LogP contribution in [0.25, 0.3) is 0 Å². The maximum atomic E-state index is 11.4. The average Bonchev–Trinajstić information content (AvgIpc) is 2.32. The normalized spacial score (nSPS) is 12.2. The summed E-state index contributed by atoms with van der Waals surface area (Å²) >= 11 is 0. The Bertz CT molecular complexity index is 415. The molecule has 0 fully saturated rings. The standard InChI is InChI=1S/C15H23NO2/c1-5-10-16(13(6-2)15(17)18)14-9-7-8-11(3)12(14)4/h7-9,13H,5-6,10H2,1-4H3,(H,17,18)/t13-/m0/s1. The lowest BCUT2D eigenvalue weighted by molar-refractivity contribution is -0.138. The monoisotopic (exact) mass is 249 g/mol. The molecule has 1 N–H and O–H groups in total. The van der Waals surface area contributed by atoms with Gasteiger partial charge in [0.15, 0.2) is 0 Å². The first-order valence-electron chi connectivity index (χ1n) is 6.58. The van der Waals surface area contributed by atoms with E-state index in [-0.39, 0.29) is 0 Å². The summed E-state index contributed by atoms with van der Waals surface area (Å²) in [6.45, 7) is 8.89. The molecule has 0 saturated heterocycles. The number of rotatable bonds is 6. The van der Waals surface area contributed by atoms with E-state index in [2.05, 4.69) is 26.8 Å². The third kappa shape index (κ3) is 3.03. The Kier molecular flexibility index (Phi) is 5.20. The highest BCUT2D eigenvalue weighted by atomic mass is 16.4. The van der Waals surface area contributed by atoms with E-state index in [4.69, 9.17) is 0 Å². The van der Waals surface area contributed by atoms with Gasteiger partial charge in [0.05, 0.1) is 0 Å². The first kappa shape index (κ1) is 14.6. The van der Waals surface area contributed by atoms with Crippen molar-refractivity contribution >= 4 is 11.7 Å². The lowest BCUT2D eigenvalue weighted by Crippen LogP contribution is -2.41. The van der Waals surface area contributed by atoms with Crippen molar-refractivity contribution in [3.8, 4) is 0 Å². The van der Waals surface area contributed by atoms with Crippen molar-refractivity contribution in [2.45, 2.75) is 46.6 Å². The zero-order valence-electron chi connectivity index (χ0n) is 11.7. The molecular formula is C15H23NO2. The molecule has 1 rings (SSSR count). The Morgan fingerprint density at radius 1 is 1.33 bits per heavy atom. The van der Waals surface area contributed by atoms with Crippen molar-refractivity contribution in [3.63, 3.8) is 0 Å². The largest absolute Gasteiger partial charge is 0.480 e. The molecule has 0 aliphatic heterocycles. The minimum Gasteiger partial charge on any atom is -0.480 e. The Labute approximate surface area is 109 Å². The van der Waals surface area contributed by atoms with Gasteiger partial charge in [-0.3, -0.25) is 0 Å². The minimum atomic E-state index is -0.744. The van der Waals surface area contributed by atoms with Gasteiger partial charge in [0.25, 0.3) is 0 Å². The maximum absolute atomic E-state index is 11.4. The van der Waals surface area contributed by atoms with Crippen LogP contribution in [0.1, 0.15) is 37.8 Å². The van der Waals surface area contributed by atoms with Crippen molar-refractivity contribution in [2.75, 3.05) is 11.4 Å². The molecule has 0 radical (unpaired) electrons. The summed E-state index contributed by atoms with van der Waals surface area (Å²) in [7, 11) is 0. The van der Waals surface area contributed by atoms with Crippen molar-refractivity contribution in [2.24, 2.45) is 0 Å². The van der Waals surface area contributed by atoms with Crippen LogP contribution < -0.4 is 4.90 Å². The number of nitrogens with zero attached hydrogens (tertiary/aromatic N) is 1. The summed E-state index contributed by atoms with van der Waals surface area (Å²) < 4.78 is 0. The van der Waals surface area contributed by atoms with E-state index in [1.807, 2.05) is 24.0 Å². The van der Waals surface area contributed by atoms with Gasteiger partial charge in [-0.15, -0.1) is 0 Å². The van der Waals surface area contributed by atoms with E-state index in [0.29, 0.717) is 6.42 Å². The van der Waals surface area contributed by atoms with E-state index >= 15 is 0 Å². The number of carbonyl (C=O) groups is 1. The first-order valence-corrected chi connectivity index (χ1v) is 6.58. The van der Waals surface area contributed by atoms with Gasteiger partial charge < -0.3 is 10.0 Å². The van der Waals surface area contributed by atoms with Gasteiger partial charge in [-0.05, 0) is 43.9 Å². The average molecular weight is 249 g/mol. The second-order valence-electron chi connectivity index (χ2n) is 4.67. The van der Waals surface area contributed by atoms with Gasteiger partial charge in [0, 0.05) is 12.2 Å². The molecule has 1 aromatic carbocycles. The Morgan fingerprint density at radius 2 is 2.00 bits per heavy atom. The molecule has 0 aromatic heterocycles. The lowest BCUT2D eigenvalue weighted by Gasteiger charge is -2.31. The zero-order valence-corrected chi connectivity index (χ0v) is 11.7. The molecule has 3 nitrogen and oxygen atoms in total. The molecule has 100 valence electrons. The van der Waals surface area contributed by atoms with E-state index < -0.39 is 12.0 Å². The van der Waals surface area contributed by atoms with Crippen molar-refractivity contribution < 1.29 is 9.90 Å². The molecule has 0 spiro atoms. The summed E-state index contributed by atoms with van der Waals surface area (Å²) in [4.78, 5) is 13.4. The van der Waals surface area contributed by atoms with Gasteiger partial charge in [0.2, 0.25) is 0 Å². The fourth-order valence-electron chi connectivity index (χ4n) is 2.26. The SMILES string of the molecule is CCCN(c1cccc(C)c1C)[C@@H](CC)C(=O)O. The second kappa shape index (κ2) is 6.43. The first-order chi connectivity index (χ1) is 8.52. The predicted molar refractivity (Wildman–Crippen MR) is 75.3 cm³/mol. The van der Waals surface area contributed by atoms with Crippen molar-refractivity contribution in [1.29, 1.82) is 0 Å². The number of hydrogen-bond acceptors (Lipinski definition) is 2. The van der Waals surface area contributed by atoms with E-state index in [1.54, 1.807) is 0 Å². The van der Waals surface area contributed by atoms with E-state index in [9.17, 15) is 9.90 Å². The molecular weight excluding hydrogens is 226 g/mol. The fraction of sp³-hybridized carbons (Fsp3) is 0.533. The molecule has 18 heavy (non-hydrogen) atoms. The second-order valence-corrected chi connectivity index (χ2v) is 4.67. The fourth-order valence-corrected chi connectivity index (χ4v) is 2.26. The predicted octanol–water partition coefficient (Wildman–Crippen LogP) is 3.38. The maximum Gasteiger partial charge on any atom is 0.326 e. The highest BCUT2D eigenvalue weighted by Crippen LogP contribution is 2.25. The van der Waals surface area contributed by atoms with E-state index in [0.717, 1.165) is 18.7 Å². The Hall–Kier alpha value is -1.51. The van der Waals surface area contributed by atoms with Crippen LogP contribution in [0.3, 0.4) is 0 Å². The highest BCUT2D eigenvalue weighted by Gasteiger charge is 2.24. The topological polar surface area (TPSA) is 40.5 Å². The Balaban J connectivity index is 3.18. The number of aliphatic carboxylic acids is 1. The number of benzene rings is 1. The molecule has 0 saturated carbocycles. The molecule has 0 aliphatic rings. The third-order valence-corrected chi connectivity index (χ3v) is 3.40. The number of anilines is 1. The van der Waals surface area contributed by atoms with Gasteiger partial charge in [-0.1, -0.05) is 26.0 Å². The molecule has 0 heterocycles. The van der Waals surface area contributed by atoms with Crippen LogP contribution in [0, 0.1) is 13.8 Å². The highest BCUT2D eigenvalue weighted by molar-refractivity contribution is 5.78. The van der Waals surface area contributed by atoms with E-state index in [1.165, 1.54) is 11.1 Å². The minimum absolute atomic E-state index is 0.439. The quantitative estimate of drug-likeness (QED) is 0.840. The molecule has 0 bridgehead atoms. The van der Waals surface area contributed by atoms with Crippen LogP contribution in [-0.2, 0) is 4.79 Å². The third-order valence-electron chi connectivity index (χ3n) is 3.40. The summed E-state index contributed by atoms with van der Waals surface area (Å²) in [6.07, 6.45) is 1.56.